The van der Waals surface area contributed by atoms with Gasteiger partial charge in [-0.3, -0.25) is 4.90 Å². The van der Waals surface area contributed by atoms with Crippen LogP contribution >= 0.6 is 0 Å². The molecule has 0 aliphatic carbocycles. The van der Waals surface area contributed by atoms with Crippen LogP contribution in [0.1, 0.15) is 32.4 Å². The molecule has 116 valence electrons. The van der Waals surface area contributed by atoms with Crippen LogP contribution in [-0.2, 0) is 4.74 Å². The summed E-state index contributed by atoms with van der Waals surface area (Å²) in [5.41, 5.74) is 1.04. The predicted octanol–water partition coefficient (Wildman–Crippen LogP) is 2.21. The molecular formula is C17H26N2O2. The van der Waals surface area contributed by atoms with Gasteiger partial charge in [-0.1, -0.05) is 25.1 Å². The molecule has 0 spiro atoms. The van der Waals surface area contributed by atoms with Crippen molar-refractivity contribution in [1.82, 2.24) is 10.2 Å². The Kier molecular flexibility index (Phi) is 4.20. The normalized spacial score (nSPS) is 28.1. The van der Waals surface area contributed by atoms with Gasteiger partial charge in [0.1, 0.15) is 11.4 Å². The maximum Gasteiger partial charge on any atom is 0.125 e. The molecule has 1 aromatic carbocycles. The summed E-state index contributed by atoms with van der Waals surface area (Å²) in [6, 6.07) is 8.53. The maximum atomic E-state index is 6.08. The molecule has 0 radical (unpaired) electrons. The second-order valence-corrected chi connectivity index (χ2v) is 6.47. The van der Waals surface area contributed by atoms with Gasteiger partial charge in [0, 0.05) is 25.2 Å². The van der Waals surface area contributed by atoms with Gasteiger partial charge in [0.05, 0.1) is 18.8 Å². The Morgan fingerprint density at radius 3 is 2.95 bits per heavy atom. The van der Waals surface area contributed by atoms with E-state index in [1.54, 1.807) is 0 Å². The first kappa shape index (κ1) is 14.8. The Morgan fingerprint density at radius 2 is 2.14 bits per heavy atom. The van der Waals surface area contributed by atoms with Gasteiger partial charge in [0.15, 0.2) is 0 Å². The van der Waals surface area contributed by atoms with Crippen molar-refractivity contribution in [3.8, 4) is 5.75 Å². The van der Waals surface area contributed by atoms with Crippen molar-refractivity contribution in [2.45, 2.75) is 38.5 Å². The van der Waals surface area contributed by atoms with Gasteiger partial charge in [-0.2, -0.15) is 0 Å². The summed E-state index contributed by atoms with van der Waals surface area (Å²) in [5, 5.41) is 3.67. The van der Waals surface area contributed by atoms with E-state index in [0.717, 1.165) is 38.5 Å². The molecule has 2 aliphatic heterocycles. The van der Waals surface area contributed by atoms with Crippen LogP contribution in [0.2, 0.25) is 0 Å². The van der Waals surface area contributed by atoms with Gasteiger partial charge in [-0.25, -0.2) is 0 Å². The topological polar surface area (TPSA) is 33.7 Å². The number of morpholine rings is 1. The van der Waals surface area contributed by atoms with Gasteiger partial charge < -0.3 is 14.8 Å². The lowest BCUT2D eigenvalue weighted by Gasteiger charge is -2.34. The van der Waals surface area contributed by atoms with E-state index in [9.17, 15) is 0 Å². The molecule has 21 heavy (non-hydrogen) atoms. The molecule has 0 saturated carbocycles. The van der Waals surface area contributed by atoms with Crippen LogP contribution in [0.15, 0.2) is 24.3 Å². The standard InChI is InChI=1S/C17H26N2O2/c1-4-19-9-10-20-13(12-19)11-18-16-14-7-5-6-8-15(14)21-17(16,2)3/h5-8,13,16,18H,4,9-12H2,1-3H3. The summed E-state index contributed by atoms with van der Waals surface area (Å²) in [4.78, 5) is 2.44. The number of nitrogens with zero attached hydrogens (tertiary/aromatic N) is 1. The molecule has 1 fully saturated rings. The zero-order valence-corrected chi connectivity index (χ0v) is 13.3. The third-order valence-electron chi connectivity index (χ3n) is 4.52. The Morgan fingerprint density at radius 1 is 1.33 bits per heavy atom. The van der Waals surface area contributed by atoms with E-state index in [0.29, 0.717) is 0 Å². The summed E-state index contributed by atoms with van der Waals surface area (Å²) in [6.45, 7) is 11.4. The Balaban J connectivity index is 1.64. The molecule has 2 aliphatic rings. The van der Waals surface area contributed by atoms with Crippen molar-refractivity contribution >= 4 is 0 Å². The van der Waals surface area contributed by atoms with E-state index in [1.807, 2.05) is 6.07 Å². The number of likely N-dealkylation sites (N-methyl/N-ethyl adjacent to an activating group) is 1. The lowest BCUT2D eigenvalue weighted by atomic mass is 9.94. The SMILES string of the molecule is CCN1CCOC(CNC2c3ccccc3OC2(C)C)C1. The highest BCUT2D eigenvalue weighted by Gasteiger charge is 2.41. The molecule has 0 amide bonds. The Labute approximate surface area is 127 Å². The average Bonchev–Trinajstić information content (AvgIpc) is 2.75. The molecule has 2 heterocycles. The molecular weight excluding hydrogens is 264 g/mol. The molecule has 1 saturated heterocycles. The first-order valence-electron chi connectivity index (χ1n) is 7.95. The minimum atomic E-state index is -0.219. The van der Waals surface area contributed by atoms with E-state index in [2.05, 4.69) is 49.2 Å². The van der Waals surface area contributed by atoms with E-state index in [-0.39, 0.29) is 17.7 Å². The minimum absolute atomic E-state index is 0.217. The first-order chi connectivity index (χ1) is 10.1. The highest BCUT2D eigenvalue weighted by Crippen LogP contribution is 2.42. The minimum Gasteiger partial charge on any atom is -0.486 e. The fourth-order valence-electron chi connectivity index (χ4n) is 3.32. The summed E-state index contributed by atoms with van der Waals surface area (Å²) in [6.07, 6.45) is 0.266. The van der Waals surface area contributed by atoms with E-state index in [4.69, 9.17) is 9.47 Å². The fourth-order valence-corrected chi connectivity index (χ4v) is 3.32. The number of rotatable bonds is 4. The van der Waals surface area contributed by atoms with Crippen molar-refractivity contribution in [2.24, 2.45) is 0 Å². The van der Waals surface area contributed by atoms with Crippen LogP contribution < -0.4 is 10.1 Å². The van der Waals surface area contributed by atoms with Crippen LogP contribution in [0.5, 0.6) is 5.75 Å². The molecule has 4 heteroatoms. The maximum absolute atomic E-state index is 6.08. The number of hydrogen-bond acceptors (Lipinski definition) is 4. The van der Waals surface area contributed by atoms with Gasteiger partial charge in [0.2, 0.25) is 0 Å². The zero-order valence-electron chi connectivity index (χ0n) is 13.3. The van der Waals surface area contributed by atoms with Crippen LogP contribution in [-0.4, -0.2) is 49.4 Å². The molecule has 0 aromatic heterocycles. The van der Waals surface area contributed by atoms with Crippen molar-refractivity contribution in [1.29, 1.82) is 0 Å². The molecule has 1 N–H and O–H groups in total. The molecule has 3 rings (SSSR count). The summed E-state index contributed by atoms with van der Waals surface area (Å²) in [5.74, 6) is 1.000. The molecule has 4 nitrogen and oxygen atoms in total. The number of hydrogen-bond donors (Lipinski definition) is 1. The molecule has 0 bridgehead atoms. The van der Waals surface area contributed by atoms with E-state index in [1.165, 1.54) is 5.56 Å². The zero-order chi connectivity index (χ0) is 14.9. The van der Waals surface area contributed by atoms with Crippen LogP contribution in [0, 0.1) is 0 Å². The quantitative estimate of drug-likeness (QED) is 0.922. The second kappa shape index (κ2) is 5.95. The summed E-state index contributed by atoms with van der Waals surface area (Å²) < 4.78 is 12.0. The van der Waals surface area contributed by atoms with Crippen molar-refractivity contribution in [3.63, 3.8) is 0 Å². The monoisotopic (exact) mass is 290 g/mol. The second-order valence-electron chi connectivity index (χ2n) is 6.47. The van der Waals surface area contributed by atoms with Crippen molar-refractivity contribution in [3.05, 3.63) is 29.8 Å². The van der Waals surface area contributed by atoms with Gasteiger partial charge >= 0.3 is 0 Å². The smallest absolute Gasteiger partial charge is 0.125 e. The van der Waals surface area contributed by atoms with Gasteiger partial charge in [-0.15, -0.1) is 0 Å². The van der Waals surface area contributed by atoms with Gasteiger partial charge in [0.25, 0.3) is 0 Å². The van der Waals surface area contributed by atoms with Crippen molar-refractivity contribution < 1.29 is 9.47 Å². The number of benzene rings is 1. The predicted molar refractivity (Wildman–Crippen MR) is 83.7 cm³/mol. The third kappa shape index (κ3) is 3.07. The molecule has 2 unspecified atom stereocenters. The number of nitrogens with one attached hydrogen (secondary N) is 1. The highest BCUT2D eigenvalue weighted by molar-refractivity contribution is 5.42. The number of para-hydroxylation sites is 1. The Hall–Kier alpha value is -1.10. The molecule has 2 atom stereocenters. The van der Waals surface area contributed by atoms with E-state index < -0.39 is 0 Å². The number of ether oxygens (including phenoxy) is 2. The van der Waals surface area contributed by atoms with Crippen molar-refractivity contribution in [2.75, 3.05) is 32.8 Å². The largest absolute Gasteiger partial charge is 0.486 e. The van der Waals surface area contributed by atoms with E-state index >= 15 is 0 Å². The van der Waals surface area contributed by atoms with Crippen LogP contribution in [0.4, 0.5) is 0 Å². The number of fused-ring (bicyclic) bond motifs is 1. The third-order valence-corrected chi connectivity index (χ3v) is 4.52. The van der Waals surface area contributed by atoms with Crippen LogP contribution in [0.3, 0.4) is 0 Å². The lowest BCUT2D eigenvalue weighted by molar-refractivity contribution is -0.0293. The van der Waals surface area contributed by atoms with Gasteiger partial charge in [-0.05, 0) is 26.5 Å². The fraction of sp³-hybridized carbons (Fsp3) is 0.647. The summed E-state index contributed by atoms with van der Waals surface area (Å²) in [7, 11) is 0. The first-order valence-corrected chi connectivity index (χ1v) is 7.95. The Bertz CT molecular complexity index is 489. The average molecular weight is 290 g/mol. The highest BCUT2D eigenvalue weighted by atomic mass is 16.5. The van der Waals surface area contributed by atoms with Crippen LogP contribution in [0.25, 0.3) is 0 Å². The molecule has 1 aromatic rings. The summed E-state index contributed by atoms with van der Waals surface area (Å²) >= 11 is 0. The lowest BCUT2D eigenvalue weighted by Crippen LogP contribution is -2.49.